The van der Waals surface area contributed by atoms with Crippen LogP contribution < -0.4 is 10.5 Å². The molecule has 0 saturated carbocycles. The van der Waals surface area contributed by atoms with Crippen LogP contribution in [-0.4, -0.2) is 21.9 Å². The molecule has 0 aliphatic heterocycles. The van der Waals surface area contributed by atoms with Crippen molar-refractivity contribution >= 4 is 34.7 Å². The van der Waals surface area contributed by atoms with E-state index in [1.807, 2.05) is 6.20 Å². The van der Waals surface area contributed by atoms with Crippen molar-refractivity contribution in [2.75, 3.05) is 12.3 Å². The zero-order chi connectivity index (χ0) is 17.4. The summed E-state index contributed by atoms with van der Waals surface area (Å²) in [7, 11) is 0. The van der Waals surface area contributed by atoms with Gasteiger partial charge < -0.3 is 15.2 Å². The second-order valence-electron chi connectivity index (χ2n) is 5.49. The molecule has 1 aliphatic carbocycles. The number of pyridine rings is 1. The van der Waals surface area contributed by atoms with Crippen molar-refractivity contribution in [3.8, 4) is 21.3 Å². The van der Waals surface area contributed by atoms with Gasteiger partial charge in [-0.2, -0.15) is 0 Å². The van der Waals surface area contributed by atoms with Gasteiger partial charge in [-0.3, -0.25) is 0 Å². The molecule has 6 nitrogen and oxygen atoms in total. The minimum Gasteiger partial charge on any atom is -0.462 e. The van der Waals surface area contributed by atoms with Crippen molar-refractivity contribution in [3.63, 3.8) is 0 Å². The van der Waals surface area contributed by atoms with Gasteiger partial charge in [-0.05, 0) is 54.6 Å². The van der Waals surface area contributed by atoms with Gasteiger partial charge in [0.2, 0.25) is 0 Å². The van der Waals surface area contributed by atoms with E-state index >= 15 is 0 Å². The second-order valence-corrected chi connectivity index (χ2v) is 7.28. The number of ether oxygens (including phenoxy) is 2. The largest absolute Gasteiger partial charge is 0.462 e. The molecule has 25 heavy (non-hydrogen) atoms. The average Bonchev–Trinajstić information content (AvgIpc) is 3.21. The molecule has 0 aromatic carbocycles. The van der Waals surface area contributed by atoms with Crippen molar-refractivity contribution in [1.29, 1.82) is 0 Å². The highest BCUT2D eigenvalue weighted by atomic mass is 32.1. The first kappa shape index (κ1) is 16.0. The molecule has 0 fully saturated rings. The van der Waals surface area contributed by atoms with Crippen molar-refractivity contribution in [1.82, 2.24) is 9.36 Å². The highest BCUT2D eigenvalue weighted by Crippen LogP contribution is 2.50. The number of hydrogen-bond acceptors (Lipinski definition) is 8. The van der Waals surface area contributed by atoms with E-state index < -0.39 is 0 Å². The van der Waals surface area contributed by atoms with E-state index in [4.69, 9.17) is 15.2 Å². The van der Waals surface area contributed by atoms with Crippen LogP contribution in [0.25, 0.3) is 10.4 Å². The van der Waals surface area contributed by atoms with Gasteiger partial charge in [0.05, 0.1) is 23.2 Å². The maximum atomic E-state index is 12.4. The van der Waals surface area contributed by atoms with Crippen LogP contribution in [0, 0.1) is 0 Å². The molecule has 3 aromatic heterocycles. The first-order valence-corrected chi connectivity index (χ1v) is 9.42. The third kappa shape index (κ3) is 2.87. The fourth-order valence-electron chi connectivity index (χ4n) is 2.81. The van der Waals surface area contributed by atoms with E-state index in [1.165, 1.54) is 28.4 Å². The first-order valence-electron chi connectivity index (χ1n) is 7.83. The lowest BCUT2D eigenvalue weighted by molar-refractivity contribution is 0.0531. The van der Waals surface area contributed by atoms with Crippen molar-refractivity contribution in [2.45, 2.75) is 19.8 Å². The van der Waals surface area contributed by atoms with Crippen LogP contribution in [0.3, 0.4) is 0 Å². The predicted octanol–water partition coefficient (Wildman–Crippen LogP) is 3.92. The summed E-state index contributed by atoms with van der Waals surface area (Å²) >= 11 is 2.74. The van der Waals surface area contributed by atoms with E-state index in [0.29, 0.717) is 28.1 Å². The zero-order valence-electron chi connectivity index (χ0n) is 13.4. The first-order chi connectivity index (χ1) is 12.2. The van der Waals surface area contributed by atoms with Gasteiger partial charge in [0.1, 0.15) is 16.4 Å². The molecule has 1 aliphatic rings. The Kier molecular flexibility index (Phi) is 4.14. The van der Waals surface area contributed by atoms with Gasteiger partial charge in [0.25, 0.3) is 0 Å². The number of hydrogen-bond donors (Lipinski definition) is 1. The number of thiophene rings is 1. The Balaban J connectivity index is 1.81. The Morgan fingerprint density at radius 1 is 1.32 bits per heavy atom. The fraction of sp³-hybridized carbons (Fsp3) is 0.235. The number of carbonyl (C=O) groups is 1. The molecular weight excluding hydrogens is 358 g/mol. The predicted molar refractivity (Wildman–Crippen MR) is 97.5 cm³/mol. The molecule has 128 valence electrons. The van der Waals surface area contributed by atoms with Crippen molar-refractivity contribution in [2.24, 2.45) is 0 Å². The van der Waals surface area contributed by atoms with E-state index in [1.54, 1.807) is 25.3 Å². The zero-order valence-corrected chi connectivity index (χ0v) is 15.1. The van der Waals surface area contributed by atoms with Crippen LogP contribution in [0.4, 0.5) is 5.82 Å². The lowest BCUT2D eigenvalue weighted by Gasteiger charge is -2.14. The van der Waals surface area contributed by atoms with Crippen LogP contribution in [0.1, 0.15) is 27.7 Å². The topological polar surface area (TPSA) is 87.3 Å². The monoisotopic (exact) mass is 373 g/mol. The normalized spacial score (nSPS) is 12.4. The summed E-state index contributed by atoms with van der Waals surface area (Å²) in [5, 5.41) is 0.662. The Morgan fingerprint density at radius 2 is 2.20 bits per heavy atom. The smallest absolute Gasteiger partial charge is 0.348 e. The summed E-state index contributed by atoms with van der Waals surface area (Å²) < 4.78 is 15.6. The Hall–Kier alpha value is -2.45. The van der Waals surface area contributed by atoms with Crippen molar-refractivity contribution in [3.05, 3.63) is 40.5 Å². The quantitative estimate of drug-likeness (QED) is 0.698. The van der Waals surface area contributed by atoms with Crippen LogP contribution in [0.2, 0.25) is 0 Å². The highest BCUT2D eigenvalue weighted by molar-refractivity contribution is 7.17. The van der Waals surface area contributed by atoms with E-state index in [2.05, 4.69) is 9.36 Å². The maximum absolute atomic E-state index is 12.4. The summed E-state index contributed by atoms with van der Waals surface area (Å²) in [5.41, 5.74) is 8.75. The molecule has 4 rings (SSSR count). The summed E-state index contributed by atoms with van der Waals surface area (Å²) in [4.78, 5) is 18.1. The minimum atomic E-state index is -0.304. The van der Waals surface area contributed by atoms with Gasteiger partial charge >= 0.3 is 5.97 Å². The molecular formula is C17H15N3O3S2. The van der Waals surface area contributed by atoms with Gasteiger partial charge in [-0.1, -0.05) is 11.3 Å². The van der Waals surface area contributed by atoms with E-state index in [-0.39, 0.29) is 5.97 Å². The lowest BCUT2D eigenvalue weighted by Crippen LogP contribution is -2.08. The average molecular weight is 373 g/mol. The number of esters is 1. The molecule has 0 radical (unpaired) electrons. The number of anilines is 1. The number of carbonyl (C=O) groups excluding carboxylic acids is 1. The number of nitrogens with two attached hydrogens (primary N) is 1. The minimum absolute atomic E-state index is 0.304. The summed E-state index contributed by atoms with van der Waals surface area (Å²) in [6.07, 6.45) is 5.10. The maximum Gasteiger partial charge on any atom is 0.348 e. The third-order valence-corrected chi connectivity index (χ3v) is 5.87. The summed E-state index contributed by atoms with van der Waals surface area (Å²) in [6.45, 7) is 2.14. The molecule has 3 heterocycles. The van der Waals surface area contributed by atoms with Crippen LogP contribution >= 0.6 is 22.9 Å². The molecule has 0 bridgehead atoms. The van der Waals surface area contributed by atoms with E-state index in [0.717, 1.165) is 28.8 Å². The molecule has 3 aromatic rings. The van der Waals surface area contributed by atoms with E-state index in [9.17, 15) is 4.79 Å². The van der Waals surface area contributed by atoms with Crippen LogP contribution in [0.15, 0.2) is 24.5 Å². The Bertz CT molecular complexity index is 931. The van der Waals surface area contributed by atoms with Gasteiger partial charge in [0.15, 0.2) is 5.06 Å². The second kappa shape index (κ2) is 6.45. The molecule has 0 unspecified atom stereocenters. The Morgan fingerprint density at radius 3 is 2.96 bits per heavy atom. The molecule has 0 atom stereocenters. The van der Waals surface area contributed by atoms with Crippen molar-refractivity contribution < 1.29 is 14.3 Å². The fourth-order valence-corrected chi connectivity index (χ4v) is 4.86. The van der Waals surface area contributed by atoms with Crippen LogP contribution in [-0.2, 0) is 17.6 Å². The number of nitrogen functional groups attached to an aromatic ring is 1. The molecule has 2 N–H and O–H groups in total. The summed E-state index contributed by atoms with van der Waals surface area (Å²) in [6, 6.07) is 3.44. The number of aryl methyl sites for hydroxylation is 1. The lowest BCUT2D eigenvalue weighted by atomic mass is 9.93. The standard InChI is InChI=1S/C17H15N3O3S2/c1-2-22-16(21)15-11-5-3-9-7-20-25-14(9)13(11)17(24-15)23-10-4-6-12(18)19-8-10/h4,6-8H,2-3,5H2,1H3,(H2,18,19). The molecule has 8 heteroatoms. The highest BCUT2D eigenvalue weighted by Gasteiger charge is 2.31. The number of rotatable bonds is 4. The number of fused-ring (bicyclic) bond motifs is 3. The summed E-state index contributed by atoms with van der Waals surface area (Å²) in [5.74, 6) is 0.699. The van der Waals surface area contributed by atoms with Gasteiger partial charge in [-0.15, -0.1) is 0 Å². The van der Waals surface area contributed by atoms with Gasteiger partial charge in [0, 0.05) is 6.20 Å². The number of aromatic nitrogens is 2. The van der Waals surface area contributed by atoms with Crippen LogP contribution in [0.5, 0.6) is 10.8 Å². The third-order valence-electron chi connectivity index (χ3n) is 3.92. The molecule has 0 saturated heterocycles. The molecule has 0 spiro atoms. The number of nitrogens with zero attached hydrogens (tertiary/aromatic N) is 2. The SMILES string of the molecule is CCOC(=O)c1sc(Oc2ccc(N)nc2)c2c1CCc1cnsc1-2. The molecule has 0 amide bonds. The Labute approximate surface area is 152 Å². The van der Waals surface area contributed by atoms with Gasteiger partial charge in [-0.25, -0.2) is 14.2 Å².